The first-order valence-corrected chi connectivity index (χ1v) is 21.1. The summed E-state index contributed by atoms with van der Waals surface area (Å²) >= 11 is 0. The molecule has 3 aromatic rings. The number of unbranched alkanes of at least 4 members (excludes halogenated alkanes) is 2. The van der Waals surface area contributed by atoms with Crippen molar-refractivity contribution < 1.29 is 24.0 Å². The van der Waals surface area contributed by atoms with E-state index >= 15 is 0 Å². The van der Waals surface area contributed by atoms with Crippen LogP contribution in [0.4, 0.5) is 0 Å². The minimum atomic E-state index is -0.824. The number of nitrogens with zero attached hydrogens (tertiary/aromatic N) is 2. The van der Waals surface area contributed by atoms with Crippen molar-refractivity contribution in [3.63, 3.8) is 0 Å². The second-order valence-corrected chi connectivity index (χ2v) is 17.9. The summed E-state index contributed by atoms with van der Waals surface area (Å²) in [5.74, 6) is -0.251. The van der Waals surface area contributed by atoms with Gasteiger partial charge in [0.15, 0.2) is 0 Å². The summed E-state index contributed by atoms with van der Waals surface area (Å²) in [6.07, 6.45) is 6.58. The lowest BCUT2D eigenvalue weighted by molar-refractivity contribution is -0.146. The van der Waals surface area contributed by atoms with Crippen LogP contribution in [0.15, 0.2) is 72.8 Å². The van der Waals surface area contributed by atoms with Crippen LogP contribution in [0.5, 0.6) is 0 Å². The van der Waals surface area contributed by atoms with Crippen LogP contribution < -0.4 is 16.0 Å². The molecule has 0 spiro atoms. The first-order valence-electron chi connectivity index (χ1n) is 21.1. The van der Waals surface area contributed by atoms with Gasteiger partial charge in [-0.2, -0.15) is 0 Å². The number of piperidine rings is 2. The summed E-state index contributed by atoms with van der Waals surface area (Å²) < 4.78 is 0. The minimum Gasteiger partial charge on any atom is -0.356 e. The van der Waals surface area contributed by atoms with Crippen LogP contribution in [0.1, 0.15) is 104 Å². The van der Waals surface area contributed by atoms with Gasteiger partial charge in [-0.05, 0) is 79.2 Å². The molecule has 3 N–H and O–H groups in total. The van der Waals surface area contributed by atoms with E-state index in [1.807, 2.05) is 94.1 Å². The first kappa shape index (κ1) is 43.4. The number of carbonyl (C=O) groups is 5. The van der Waals surface area contributed by atoms with E-state index in [1.165, 1.54) is 0 Å². The first-order chi connectivity index (χ1) is 27.2. The van der Waals surface area contributed by atoms with Crippen LogP contribution in [0.2, 0.25) is 0 Å². The zero-order chi connectivity index (χ0) is 41.1. The van der Waals surface area contributed by atoms with Gasteiger partial charge < -0.3 is 25.8 Å². The molecule has 5 rings (SSSR count). The Bertz CT molecular complexity index is 1850. The molecule has 0 bridgehead atoms. The molecule has 2 saturated heterocycles. The standard InChI is InChI=1S/C47H65N5O5/c1-6-48-44(57)47(32-35-16-9-7-10-17-35)23-15-27-52(34-47)42(55)39(31-36-21-22-37-18-12-13-19-38(37)30-36)50-43(56)46(5)24-28-51(29-25-46)41(54)20-11-8-14-26-49-40(53)33-45(2,3)4/h7,9-10,12-13,16-19,21-22,30,39H,6,8,11,14-15,20,23-29,31-34H2,1-5H3,(H,48,57)(H,49,53)(H,50,56)/t39-,47-/m0/s1. The van der Waals surface area contributed by atoms with Crippen molar-refractivity contribution in [2.75, 3.05) is 39.3 Å². The fourth-order valence-corrected chi connectivity index (χ4v) is 8.40. The highest BCUT2D eigenvalue weighted by Crippen LogP contribution is 2.36. The molecule has 308 valence electrons. The van der Waals surface area contributed by atoms with E-state index in [1.54, 1.807) is 4.90 Å². The van der Waals surface area contributed by atoms with Crippen LogP contribution >= 0.6 is 0 Å². The molecule has 5 amide bonds. The lowest BCUT2D eigenvalue weighted by Crippen LogP contribution is -2.59. The minimum absolute atomic E-state index is 0.0446. The molecular weight excluding hydrogens is 715 g/mol. The predicted molar refractivity (Wildman–Crippen MR) is 226 cm³/mol. The van der Waals surface area contributed by atoms with Crippen molar-refractivity contribution in [1.82, 2.24) is 25.8 Å². The largest absolute Gasteiger partial charge is 0.356 e. The number of hydrogen-bond donors (Lipinski definition) is 3. The summed E-state index contributed by atoms with van der Waals surface area (Å²) in [6.45, 7) is 12.9. The second kappa shape index (κ2) is 19.6. The van der Waals surface area contributed by atoms with Crippen LogP contribution in [-0.4, -0.2) is 84.6 Å². The number of rotatable bonds is 16. The molecular formula is C47H65N5O5. The van der Waals surface area contributed by atoms with E-state index in [0.29, 0.717) is 84.1 Å². The maximum absolute atomic E-state index is 14.7. The summed E-state index contributed by atoms with van der Waals surface area (Å²) in [6, 6.07) is 23.4. The lowest BCUT2D eigenvalue weighted by atomic mass is 9.74. The Morgan fingerprint density at radius 1 is 0.754 bits per heavy atom. The van der Waals surface area contributed by atoms with Gasteiger partial charge in [-0.25, -0.2) is 0 Å². The van der Waals surface area contributed by atoms with Crippen molar-refractivity contribution >= 4 is 40.3 Å². The molecule has 10 nitrogen and oxygen atoms in total. The topological polar surface area (TPSA) is 128 Å². The number of hydrogen-bond acceptors (Lipinski definition) is 5. The molecule has 57 heavy (non-hydrogen) atoms. The fourth-order valence-electron chi connectivity index (χ4n) is 8.40. The monoisotopic (exact) mass is 779 g/mol. The average molecular weight is 780 g/mol. The van der Waals surface area contributed by atoms with Gasteiger partial charge in [-0.15, -0.1) is 0 Å². The Morgan fingerprint density at radius 2 is 1.46 bits per heavy atom. The summed E-state index contributed by atoms with van der Waals surface area (Å²) in [5, 5.41) is 11.4. The molecule has 0 aromatic heterocycles. The molecule has 2 aliphatic rings. The SMILES string of the molecule is CCNC(=O)[C@]1(Cc2ccccc2)CCCN(C(=O)[C@H](Cc2ccc3ccccc3c2)NC(=O)C2(C)CCN(C(=O)CCCCCNC(=O)CC(C)(C)C)CC2)C1. The number of carbonyl (C=O) groups excluding carboxylic acids is 5. The number of benzene rings is 3. The van der Waals surface area contributed by atoms with E-state index in [4.69, 9.17) is 0 Å². The fraction of sp³-hybridized carbons (Fsp3) is 0.553. The van der Waals surface area contributed by atoms with Gasteiger partial charge in [0.25, 0.3) is 0 Å². The van der Waals surface area contributed by atoms with Gasteiger partial charge in [0.2, 0.25) is 29.5 Å². The number of fused-ring (bicyclic) bond motifs is 1. The van der Waals surface area contributed by atoms with E-state index in [-0.39, 0.29) is 41.5 Å². The van der Waals surface area contributed by atoms with Gasteiger partial charge >= 0.3 is 0 Å². The van der Waals surface area contributed by atoms with Crippen molar-refractivity contribution in [1.29, 1.82) is 0 Å². The van der Waals surface area contributed by atoms with E-state index in [2.05, 4.69) is 34.1 Å². The zero-order valence-corrected chi connectivity index (χ0v) is 35.0. The Morgan fingerprint density at radius 3 is 2.16 bits per heavy atom. The van der Waals surface area contributed by atoms with Gasteiger partial charge in [0, 0.05) is 63.9 Å². The molecule has 2 fully saturated rings. The normalized spacial score (nSPS) is 18.8. The summed E-state index contributed by atoms with van der Waals surface area (Å²) in [7, 11) is 0. The second-order valence-electron chi connectivity index (χ2n) is 17.9. The average Bonchev–Trinajstić information content (AvgIpc) is 3.18. The molecule has 0 unspecified atom stereocenters. The maximum atomic E-state index is 14.7. The van der Waals surface area contributed by atoms with Crippen molar-refractivity contribution in [3.05, 3.63) is 83.9 Å². The zero-order valence-electron chi connectivity index (χ0n) is 35.0. The van der Waals surface area contributed by atoms with Crippen molar-refractivity contribution in [2.24, 2.45) is 16.2 Å². The maximum Gasteiger partial charge on any atom is 0.245 e. The predicted octanol–water partition coefficient (Wildman–Crippen LogP) is 6.60. The Labute approximate surface area is 339 Å². The number of nitrogens with one attached hydrogen (secondary N) is 3. The lowest BCUT2D eigenvalue weighted by Gasteiger charge is -2.43. The van der Waals surface area contributed by atoms with Crippen LogP contribution in [0.3, 0.4) is 0 Å². The smallest absolute Gasteiger partial charge is 0.245 e. The van der Waals surface area contributed by atoms with Gasteiger partial charge in [0.05, 0.1) is 5.41 Å². The van der Waals surface area contributed by atoms with Crippen LogP contribution in [0, 0.1) is 16.2 Å². The van der Waals surface area contributed by atoms with Gasteiger partial charge in [0.1, 0.15) is 6.04 Å². The summed E-state index contributed by atoms with van der Waals surface area (Å²) in [5.41, 5.74) is 0.423. The third-order valence-corrected chi connectivity index (χ3v) is 11.8. The number of amides is 5. The molecule has 0 aliphatic carbocycles. The highest BCUT2D eigenvalue weighted by atomic mass is 16.2. The highest BCUT2D eigenvalue weighted by molar-refractivity contribution is 5.92. The third-order valence-electron chi connectivity index (χ3n) is 11.8. The van der Waals surface area contributed by atoms with E-state index in [9.17, 15) is 24.0 Å². The molecule has 2 aliphatic heterocycles. The van der Waals surface area contributed by atoms with Crippen LogP contribution in [-0.2, 0) is 36.8 Å². The Balaban J connectivity index is 1.23. The highest BCUT2D eigenvalue weighted by Gasteiger charge is 2.45. The van der Waals surface area contributed by atoms with Gasteiger partial charge in [-0.3, -0.25) is 24.0 Å². The Hall–Kier alpha value is -4.73. The molecule has 0 radical (unpaired) electrons. The van der Waals surface area contributed by atoms with Crippen molar-refractivity contribution in [3.8, 4) is 0 Å². The third kappa shape index (κ3) is 12.1. The molecule has 0 saturated carbocycles. The molecule has 2 heterocycles. The number of likely N-dealkylation sites (tertiary alicyclic amines) is 2. The molecule has 10 heteroatoms. The van der Waals surface area contributed by atoms with Gasteiger partial charge in [-0.1, -0.05) is 107 Å². The summed E-state index contributed by atoms with van der Waals surface area (Å²) in [4.78, 5) is 71.7. The Kier molecular flexibility index (Phi) is 14.9. The molecule has 2 atom stereocenters. The van der Waals surface area contributed by atoms with Crippen molar-refractivity contribution in [2.45, 2.75) is 111 Å². The molecule has 3 aromatic carbocycles. The van der Waals surface area contributed by atoms with E-state index < -0.39 is 16.9 Å². The van der Waals surface area contributed by atoms with E-state index in [0.717, 1.165) is 41.2 Å². The van der Waals surface area contributed by atoms with Crippen LogP contribution in [0.25, 0.3) is 10.8 Å². The quantitative estimate of drug-likeness (QED) is 0.141.